The molecule has 1 aromatic rings. The number of aryl methyl sites for hydroxylation is 1. The largest absolute Gasteiger partial charge is 0.328 e. The number of carbonyl (C=O) groups is 1. The summed E-state index contributed by atoms with van der Waals surface area (Å²) >= 11 is 0. The number of amides is 1. The Labute approximate surface area is 115 Å². The summed E-state index contributed by atoms with van der Waals surface area (Å²) in [6, 6.07) is 6.61. The van der Waals surface area contributed by atoms with Crippen molar-refractivity contribution in [2.24, 2.45) is 5.73 Å². The van der Waals surface area contributed by atoms with Crippen LogP contribution in [-0.4, -0.2) is 18.5 Å². The van der Waals surface area contributed by atoms with E-state index in [1.807, 2.05) is 11.8 Å². The maximum Gasteiger partial charge on any atom is 0.226 e. The Balaban J connectivity index is 2.23. The zero-order valence-corrected chi connectivity index (χ0v) is 12.0. The fraction of sp³-hybridized carbons (Fsp3) is 0.562. The smallest absolute Gasteiger partial charge is 0.226 e. The third-order valence-electron chi connectivity index (χ3n) is 3.59. The van der Waals surface area contributed by atoms with Gasteiger partial charge in [-0.2, -0.15) is 0 Å². The fourth-order valence-electron chi connectivity index (χ4n) is 2.76. The molecule has 3 nitrogen and oxygen atoms in total. The van der Waals surface area contributed by atoms with Gasteiger partial charge in [0.25, 0.3) is 0 Å². The molecule has 0 aliphatic carbocycles. The van der Waals surface area contributed by atoms with Crippen LogP contribution in [0.1, 0.15) is 44.2 Å². The molecule has 1 atom stereocenters. The molecule has 1 aliphatic rings. The number of benzene rings is 1. The molecule has 1 aromatic carbocycles. The minimum absolute atomic E-state index is 0.180. The van der Waals surface area contributed by atoms with Crippen molar-refractivity contribution in [1.29, 1.82) is 0 Å². The standard InChI is InChI=1S/C16H24N2O/c1-3-5-16(19)18-9-4-6-14-11-13(10-12(2)17)7-8-15(14)18/h7-8,11-12H,3-6,9-10,17H2,1-2H3. The average Bonchev–Trinajstić information content (AvgIpc) is 2.37. The second-order valence-electron chi connectivity index (χ2n) is 5.54. The van der Waals surface area contributed by atoms with E-state index in [0.717, 1.165) is 37.9 Å². The summed E-state index contributed by atoms with van der Waals surface area (Å²) in [5, 5.41) is 0. The number of carbonyl (C=O) groups excluding carboxylic acids is 1. The third-order valence-corrected chi connectivity index (χ3v) is 3.59. The number of hydrogen-bond acceptors (Lipinski definition) is 2. The molecule has 0 spiro atoms. The molecule has 0 fully saturated rings. The van der Waals surface area contributed by atoms with Gasteiger partial charge in [-0.3, -0.25) is 4.79 Å². The van der Waals surface area contributed by atoms with Crippen molar-refractivity contribution in [3.05, 3.63) is 29.3 Å². The van der Waals surface area contributed by atoms with E-state index in [-0.39, 0.29) is 11.9 Å². The minimum atomic E-state index is 0.180. The van der Waals surface area contributed by atoms with Crippen LogP contribution in [0.4, 0.5) is 5.69 Å². The van der Waals surface area contributed by atoms with Crippen LogP contribution in [0.2, 0.25) is 0 Å². The van der Waals surface area contributed by atoms with Crippen molar-refractivity contribution >= 4 is 11.6 Å². The van der Waals surface area contributed by atoms with Crippen molar-refractivity contribution < 1.29 is 4.79 Å². The number of nitrogens with zero attached hydrogens (tertiary/aromatic N) is 1. The van der Waals surface area contributed by atoms with E-state index in [0.29, 0.717) is 6.42 Å². The van der Waals surface area contributed by atoms with Crippen molar-refractivity contribution in [2.75, 3.05) is 11.4 Å². The number of rotatable bonds is 4. The van der Waals surface area contributed by atoms with E-state index >= 15 is 0 Å². The second-order valence-corrected chi connectivity index (χ2v) is 5.54. The van der Waals surface area contributed by atoms with Gasteiger partial charge in [-0.25, -0.2) is 0 Å². The Bertz CT molecular complexity index is 454. The lowest BCUT2D eigenvalue weighted by Crippen LogP contribution is -2.35. The SMILES string of the molecule is CCCC(=O)N1CCCc2cc(CC(C)N)ccc21. The highest BCUT2D eigenvalue weighted by molar-refractivity contribution is 5.94. The lowest BCUT2D eigenvalue weighted by Gasteiger charge is -2.30. The van der Waals surface area contributed by atoms with Crippen LogP contribution in [-0.2, 0) is 17.6 Å². The minimum Gasteiger partial charge on any atom is -0.328 e. The van der Waals surface area contributed by atoms with Crippen molar-refractivity contribution in [3.8, 4) is 0 Å². The highest BCUT2D eigenvalue weighted by Crippen LogP contribution is 2.29. The topological polar surface area (TPSA) is 46.3 Å². The average molecular weight is 260 g/mol. The molecule has 0 radical (unpaired) electrons. The zero-order chi connectivity index (χ0) is 13.8. The number of anilines is 1. The summed E-state index contributed by atoms with van der Waals surface area (Å²) in [5.74, 6) is 0.253. The summed E-state index contributed by atoms with van der Waals surface area (Å²) in [4.78, 5) is 14.1. The Kier molecular flexibility index (Phi) is 4.59. The number of fused-ring (bicyclic) bond motifs is 1. The molecular formula is C16H24N2O. The van der Waals surface area contributed by atoms with E-state index in [1.165, 1.54) is 11.1 Å². The van der Waals surface area contributed by atoms with E-state index in [9.17, 15) is 4.79 Å². The van der Waals surface area contributed by atoms with Gasteiger partial charge in [0.1, 0.15) is 0 Å². The van der Waals surface area contributed by atoms with Crippen molar-refractivity contribution in [3.63, 3.8) is 0 Å². The van der Waals surface area contributed by atoms with Crippen molar-refractivity contribution in [1.82, 2.24) is 0 Å². The Morgan fingerprint density at radius 2 is 2.26 bits per heavy atom. The molecule has 1 aliphatic heterocycles. The Morgan fingerprint density at radius 1 is 1.47 bits per heavy atom. The lowest BCUT2D eigenvalue weighted by molar-refractivity contribution is -0.118. The molecule has 0 saturated carbocycles. The van der Waals surface area contributed by atoms with Gasteiger partial charge in [-0.1, -0.05) is 19.1 Å². The van der Waals surface area contributed by atoms with Crippen LogP contribution in [0.15, 0.2) is 18.2 Å². The summed E-state index contributed by atoms with van der Waals surface area (Å²) in [6.45, 7) is 4.93. The van der Waals surface area contributed by atoms with E-state index in [2.05, 4.69) is 25.1 Å². The maximum absolute atomic E-state index is 12.1. The molecule has 1 unspecified atom stereocenters. The molecule has 0 saturated heterocycles. The summed E-state index contributed by atoms with van der Waals surface area (Å²) in [7, 11) is 0. The van der Waals surface area contributed by atoms with Gasteiger partial charge < -0.3 is 10.6 Å². The molecular weight excluding hydrogens is 236 g/mol. The quantitative estimate of drug-likeness (QED) is 0.904. The van der Waals surface area contributed by atoms with Gasteiger partial charge in [0.2, 0.25) is 5.91 Å². The summed E-state index contributed by atoms with van der Waals surface area (Å²) in [5.41, 5.74) is 9.54. The molecule has 3 heteroatoms. The van der Waals surface area contributed by atoms with Crippen LogP contribution in [0.5, 0.6) is 0 Å². The maximum atomic E-state index is 12.1. The van der Waals surface area contributed by atoms with Gasteiger partial charge >= 0.3 is 0 Å². The van der Waals surface area contributed by atoms with Crippen LogP contribution in [0.25, 0.3) is 0 Å². The molecule has 0 aromatic heterocycles. The van der Waals surface area contributed by atoms with Crippen LogP contribution < -0.4 is 10.6 Å². The second kappa shape index (κ2) is 6.20. The highest BCUT2D eigenvalue weighted by atomic mass is 16.2. The molecule has 1 amide bonds. The Morgan fingerprint density at radius 3 is 2.95 bits per heavy atom. The van der Waals surface area contributed by atoms with Gasteiger partial charge in [0.15, 0.2) is 0 Å². The molecule has 1 heterocycles. The summed E-state index contributed by atoms with van der Waals surface area (Å²) < 4.78 is 0. The molecule has 2 rings (SSSR count). The first-order valence-corrected chi connectivity index (χ1v) is 7.29. The molecule has 2 N–H and O–H groups in total. The van der Waals surface area contributed by atoms with Crippen LogP contribution in [0.3, 0.4) is 0 Å². The number of hydrogen-bond donors (Lipinski definition) is 1. The van der Waals surface area contributed by atoms with Gasteiger partial charge in [-0.15, -0.1) is 0 Å². The van der Waals surface area contributed by atoms with E-state index in [4.69, 9.17) is 5.73 Å². The van der Waals surface area contributed by atoms with Gasteiger partial charge in [-0.05, 0) is 49.8 Å². The molecule has 104 valence electrons. The normalized spacial score (nSPS) is 16.1. The number of nitrogens with two attached hydrogens (primary N) is 1. The monoisotopic (exact) mass is 260 g/mol. The van der Waals surface area contributed by atoms with Gasteiger partial charge in [0, 0.05) is 24.7 Å². The first-order valence-electron chi connectivity index (χ1n) is 7.29. The van der Waals surface area contributed by atoms with E-state index < -0.39 is 0 Å². The van der Waals surface area contributed by atoms with E-state index in [1.54, 1.807) is 0 Å². The zero-order valence-electron chi connectivity index (χ0n) is 12.0. The van der Waals surface area contributed by atoms with Crippen LogP contribution >= 0.6 is 0 Å². The Hall–Kier alpha value is -1.35. The highest BCUT2D eigenvalue weighted by Gasteiger charge is 2.21. The predicted molar refractivity (Wildman–Crippen MR) is 79.4 cm³/mol. The first-order chi connectivity index (χ1) is 9.11. The summed E-state index contributed by atoms with van der Waals surface area (Å²) in [6.07, 6.45) is 4.58. The molecule has 19 heavy (non-hydrogen) atoms. The first kappa shape index (κ1) is 14.1. The fourth-order valence-corrected chi connectivity index (χ4v) is 2.76. The third kappa shape index (κ3) is 3.35. The molecule has 0 bridgehead atoms. The van der Waals surface area contributed by atoms with Crippen molar-refractivity contribution in [2.45, 2.75) is 52.0 Å². The lowest BCUT2D eigenvalue weighted by atomic mass is 9.96. The predicted octanol–water partition coefficient (Wildman–Crippen LogP) is 2.66. The van der Waals surface area contributed by atoms with Gasteiger partial charge in [0.05, 0.1) is 0 Å². The van der Waals surface area contributed by atoms with Crippen LogP contribution in [0, 0.1) is 0 Å².